The Balaban J connectivity index is 2.73. The molecule has 0 aromatic carbocycles. The highest BCUT2D eigenvalue weighted by Crippen LogP contribution is 2.08. The van der Waals surface area contributed by atoms with Crippen molar-refractivity contribution in [1.82, 2.24) is 0 Å². The van der Waals surface area contributed by atoms with Gasteiger partial charge < -0.3 is 14.6 Å². The lowest BCUT2D eigenvalue weighted by atomic mass is 10.1. The Labute approximate surface area is 114 Å². The molecule has 19 heavy (non-hydrogen) atoms. The minimum Gasteiger partial charge on any atom is -0.460 e. The fraction of sp³-hybridized carbons (Fsp3) is 0.533. The molecule has 0 amide bonds. The maximum Gasteiger partial charge on any atom is 0.330 e. The van der Waals surface area contributed by atoms with Crippen molar-refractivity contribution in [3.05, 3.63) is 36.5 Å². The van der Waals surface area contributed by atoms with E-state index in [1.54, 1.807) is 19.3 Å². The summed E-state index contributed by atoms with van der Waals surface area (Å²) in [5.41, 5.74) is 0. The van der Waals surface area contributed by atoms with Crippen molar-refractivity contribution in [3.63, 3.8) is 0 Å². The zero-order chi connectivity index (χ0) is 14.1. The molecule has 3 atom stereocenters. The zero-order valence-corrected chi connectivity index (χ0v) is 11.5. The third-order valence-electron chi connectivity index (χ3n) is 2.82. The number of aliphatic hydroxyl groups is 1. The number of hydrogen-bond donors (Lipinski definition) is 1. The first kappa shape index (κ1) is 15.7. The van der Waals surface area contributed by atoms with E-state index < -0.39 is 12.1 Å². The van der Waals surface area contributed by atoms with Crippen LogP contribution in [0.3, 0.4) is 0 Å². The molecule has 0 radical (unpaired) electrons. The summed E-state index contributed by atoms with van der Waals surface area (Å²) < 4.78 is 10.4. The Hall–Kier alpha value is -1.39. The molecule has 0 aliphatic carbocycles. The molecule has 106 valence electrons. The van der Waals surface area contributed by atoms with Crippen molar-refractivity contribution in [3.8, 4) is 0 Å². The summed E-state index contributed by atoms with van der Waals surface area (Å²) >= 11 is 0. The summed E-state index contributed by atoms with van der Waals surface area (Å²) in [6, 6.07) is 0. The number of carbonyl (C=O) groups excluding carboxylic acids is 1. The van der Waals surface area contributed by atoms with Crippen LogP contribution < -0.4 is 0 Å². The summed E-state index contributed by atoms with van der Waals surface area (Å²) in [7, 11) is 1.62. The number of hydrogen-bond acceptors (Lipinski definition) is 4. The van der Waals surface area contributed by atoms with E-state index in [4.69, 9.17) is 9.47 Å². The van der Waals surface area contributed by atoms with Crippen LogP contribution in [0.4, 0.5) is 0 Å². The van der Waals surface area contributed by atoms with Crippen molar-refractivity contribution in [2.75, 3.05) is 7.11 Å². The van der Waals surface area contributed by atoms with Crippen LogP contribution in [0.25, 0.3) is 0 Å². The third-order valence-corrected chi connectivity index (χ3v) is 2.82. The summed E-state index contributed by atoms with van der Waals surface area (Å²) in [5, 5.41) is 9.65. The van der Waals surface area contributed by atoms with Gasteiger partial charge >= 0.3 is 5.97 Å². The molecule has 0 saturated carbocycles. The van der Waals surface area contributed by atoms with Gasteiger partial charge in [-0.25, -0.2) is 4.79 Å². The lowest BCUT2D eigenvalue weighted by Crippen LogP contribution is -2.13. The molecule has 0 saturated heterocycles. The highest BCUT2D eigenvalue weighted by molar-refractivity contribution is 5.82. The van der Waals surface area contributed by atoms with Gasteiger partial charge in [0, 0.05) is 13.2 Å². The van der Waals surface area contributed by atoms with E-state index in [9.17, 15) is 9.90 Å². The van der Waals surface area contributed by atoms with Gasteiger partial charge in [-0.2, -0.15) is 0 Å². The van der Waals surface area contributed by atoms with E-state index in [2.05, 4.69) is 0 Å². The molecule has 0 unspecified atom stereocenters. The van der Waals surface area contributed by atoms with Crippen molar-refractivity contribution < 1.29 is 19.4 Å². The van der Waals surface area contributed by atoms with Gasteiger partial charge in [0.1, 0.15) is 0 Å². The SMILES string of the molecule is CO[C@H]1C=CCCC[C@H](C)OC(=O)/C=C/[C@@H](O)C=C1. The quantitative estimate of drug-likeness (QED) is 0.583. The second kappa shape index (κ2) is 8.67. The molecular formula is C15H22O4. The fourth-order valence-corrected chi connectivity index (χ4v) is 1.74. The van der Waals surface area contributed by atoms with E-state index in [1.807, 2.05) is 19.1 Å². The van der Waals surface area contributed by atoms with Crippen LogP contribution in [-0.4, -0.2) is 36.5 Å². The van der Waals surface area contributed by atoms with Crippen molar-refractivity contribution in [2.45, 2.75) is 44.5 Å². The largest absolute Gasteiger partial charge is 0.460 e. The van der Waals surface area contributed by atoms with Crippen LogP contribution in [-0.2, 0) is 14.3 Å². The standard InChI is InChI=1S/C15H22O4/c1-12-6-4-3-5-7-14(18-2)10-8-13(16)9-11-15(17)19-12/h5,7-14,16H,3-4,6H2,1-2H3/b7-5?,10-8?,11-9+/t12-,13-,14-/m0/s1. The van der Waals surface area contributed by atoms with Gasteiger partial charge in [-0.3, -0.25) is 0 Å². The van der Waals surface area contributed by atoms with Gasteiger partial charge in [0.25, 0.3) is 0 Å². The average molecular weight is 266 g/mol. The number of methoxy groups -OCH3 is 1. The van der Waals surface area contributed by atoms with Crippen LogP contribution in [0.2, 0.25) is 0 Å². The Morgan fingerprint density at radius 1 is 1.32 bits per heavy atom. The minimum absolute atomic E-state index is 0.112. The molecule has 1 rings (SSSR count). The second-order valence-corrected chi connectivity index (χ2v) is 4.54. The van der Waals surface area contributed by atoms with Crippen molar-refractivity contribution in [2.24, 2.45) is 0 Å². The van der Waals surface area contributed by atoms with Gasteiger partial charge in [0.2, 0.25) is 0 Å². The molecule has 1 aliphatic rings. The van der Waals surface area contributed by atoms with E-state index >= 15 is 0 Å². The van der Waals surface area contributed by atoms with Gasteiger partial charge in [-0.15, -0.1) is 0 Å². The topological polar surface area (TPSA) is 55.8 Å². The van der Waals surface area contributed by atoms with Crippen LogP contribution in [0.1, 0.15) is 26.2 Å². The lowest BCUT2D eigenvalue weighted by molar-refractivity contribution is -0.142. The van der Waals surface area contributed by atoms with Crippen LogP contribution in [0.5, 0.6) is 0 Å². The number of cyclic esters (lactones) is 1. The predicted molar refractivity (Wildman–Crippen MR) is 73.6 cm³/mol. The maximum absolute atomic E-state index is 11.4. The summed E-state index contributed by atoms with van der Waals surface area (Å²) in [6.07, 6.45) is 11.6. The summed E-state index contributed by atoms with van der Waals surface area (Å²) in [4.78, 5) is 11.4. The first-order valence-electron chi connectivity index (χ1n) is 6.56. The number of ether oxygens (including phenoxy) is 2. The third kappa shape index (κ3) is 6.94. The monoisotopic (exact) mass is 266 g/mol. The van der Waals surface area contributed by atoms with Crippen LogP contribution in [0.15, 0.2) is 36.5 Å². The molecule has 1 heterocycles. The summed E-state index contributed by atoms with van der Waals surface area (Å²) in [6.45, 7) is 1.87. The number of rotatable bonds is 1. The molecule has 1 N–H and O–H groups in total. The molecule has 0 fully saturated rings. The Bertz CT molecular complexity index is 357. The molecular weight excluding hydrogens is 244 g/mol. The van der Waals surface area contributed by atoms with E-state index in [0.29, 0.717) is 0 Å². The smallest absolute Gasteiger partial charge is 0.330 e. The predicted octanol–water partition coefficient (Wildman–Crippen LogP) is 2.15. The fourth-order valence-electron chi connectivity index (χ4n) is 1.74. The van der Waals surface area contributed by atoms with Crippen molar-refractivity contribution in [1.29, 1.82) is 0 Å². The highest BCUT2D eigenvalue weighted by atomic mass is 16.5. The molecule has 0 bridgehead atoms. The normalized spacial score (nSPS) is 31.5. The number of allylic oxidation sites excluding steroid dienone is 1. The molecule has 1 aliphatic heterocycles. The second-order valence-electron chi connectivity index (χ2n) is 4.54. The molecule has 4 heteroatoms. The number of esters is 1. The van der Waals surface area contributed by atoms with E-state index in [-0.39, 0.29) is 12.2 Å². The van der Waals surface area contributed by atoms with Gasteiger partial charge in [-0.1, -0.05) is 24.3 Å². The first-order valence-corrected chi connectivity index (χ1v) is 6.56. The number of aliphatic hydroxyl groups excluding tert-OH is 1. The molecule has 0 aromatic rings. The Morgan fingerprint density at radius 3 is 2.84 bits per heavy atom. The maximum atomic E-state index is 11.4. The molecule has 0 spiro atoms. The average Bonchev–Trinajstić information content (AvgIpc) is 2.38. The van der Waals surface area contributed by atoms with Gasteiger partial charge in [-0.05, 0) is 32.3 Å². The number of carbonyl (C=O) groups is 1. The van der Waals surface area contributed by atoms with E-state index in [0.717, 1.165) is 19.3 Å². The van der Waals surface area contributed by atoms with Crippen LogP contribution >= 0.6 is 0 Å². The minimum atomic E-state index is -0.822. The lowest BCUT2D eigenvalue weighted by Gasteiger charge is -2.12. The van der Waals surface area contributed by atoms with Gasteiger partial charge in [0.05, 0.1) is 18.3 Å². The van der Waals surface area contributed by atoms with Crippen LogP contribution in [0, 0.1) is 0 Å². The van der Waals surface area contributed by atoms with E-state index in [1.165, 1.54) is 12.2 Å². The molecule has 0 aromatic heterocycles. The van der Waals surface area contributed by atoms with Gasteiger partial charge in [0.15, 0.2) is 0 Å². The Kier molecular flexibility index (Phi) is 7.15. The molecule has 4 nitrogen and oxygen atoms in total. The highest BCUT2D eigenvalue weighted by Gasteiger charge is 2.07. The van der Waals surface area contributed by atoms with Crippen molar-refractivity contribution >= 4 is 5.97 Å². The zero-order valence-electron chi connectivity index (χ0n) is 11.5. The summed E-state index contributed by atoms with van der Waals surface area (Å²) in [5.74, 6) is -0.421. The first-order chi connectivity index (χ1) is 9.11. The Morgan fingerprint density at radius 2 is 2.11 bits per heavy atom.